The molecular formula is C14H23BrN2S. The standard InChI is InChI=1S/C14H23BrN2S/c1-12-5-9-17(10-6-12)8-2-7-16-11-13-3-4-14(15)18-13/h3-4,12,16H,2,5-11H2,1H3. The topological polar surface area (TPSA) is 15.3 Å². The van der Waals surface area contributed by atoms with Crippen LogP contribution in [0.2, 0.25) is 0 Å². The van der Waals surface area contributed by atoms with Gasteiger partial charge in [0.1, 0.15) is 0 Å². The Morgan fingerprint density at radius 2 is 2.17 bits per heavy atom. The lowest BCUT2D eigenvalue weighted by molar-refractivity contribution is 0.190. The zero-order valence-electron chi connectivity index (χ0n) is 11.1. The van der Waals surface area contributed by atoms with Gasteiger partial charge in [0.2, 0.25) is 0 Å². The molecule has 4 heteroatoms. The molecule has 0 saturated carbocycles. The van der Waals surface area contributed by atoms with Crippen molar-refractivity contribution in [3.8, 4) is 0 Å². The van der Waals surface area contributed by atoms with Crippen LogP contribution in [0.4, 0.5) is 0 Å². The van der Waals surface area contributed by atoms with Crippen LogP contribution in [0.1, 0.15) is 31.1 Å². The number of nitrogens with one attached hydrogen (secondary N) is 1. The molecule has 18 heavy (non-hydrogen) atoms. The van der Waals surface area contributed by atoms with Crippen molar-refractivity contribution in [1.29, 1.82) is 0 Å². The van der Waals surface area contributed by atoms with E-state index in [1.54, 1.807) is 0 Å². The number of thiophene rings is 1. The van der Waals surface area contributed by atoms with Crippen molar-refractivity contribution in [1.82, 2.24) is 10.2 Å². The number of hydrogen-bond acceptors (Lipinski definition) is 3. The van der Waals surface area contributed by atoms with Gasteiger partial charge in [0.05, 0.1) is 3.79 Å². The third-order valence-electron chi connectivity index (χ3n) is 3.63. The summed E-state index contributed by atoms with van der Waals surface area (Å²) in [6, 6.07) is 4.31. The highest BCUT2D eigenvalue weighted by Crippen LogP contribution is 2.21. The van der Waals surface area contributed by atoms with E-state index in [4.69, 9.17) is 0 Å². The largest absolute Gasteiger partial charge is 0.312 e. The van der Waals surface area contributed by atoms with Gasteiger partial charge in [-0.25, -0.2) is 0 Å². The average molecular weight is 331 g/mol. The molecule has 1 aromatic heterocycles. The van der Waals surface area contributed by atoms with Crippen molar-refractivity contribution in [2.45, 2.75) is 32.7 Å². The number of likely N-dealkylation sites (tertiary alicyclic amines) is 1. The maximum Gasteiger partial charge on any atom is 0.0701 e. The number of halogens is 1. The molecule has 0 atom stereocenters. The monoisotopic (exact) mass is 330 g/mol. The van der Waals surface area contributed by atoms with Crippen molar-refractivity contribution in [2.24, 2.45) is 5.92 Å². The van der Waals surface area contributed by atoms with Crippen molar-refractivity contribution in [3.05, 3.63) is 20.8 Å². The minimum absolute atomic E-state index is 0.941. The summed E-state index contributed by atoms with van der Waals surface area (Å²) in [7, 11) is 0. The van der Waals surface area contributed by atoms with Crippen molar-refractivity contribution in [3.63, 3.8) is 0 Å². The number of rotatable bonds is 6. The Labute approximate surface area is 123 Å². The lowest BCUT2D eigenvalue weighted by Crippen LogP contribution is -2.34. The van der Waals surface area contributed by atoms with E-state index in [0.717, 1.165) is 19.0 Å². The summed E-state index contributed by atoms with van der Waals surface area (Å²) in [5, 5.41) is 3.53. The van der Waals surface area contributed by atoms with Crippen molar-refractivity contribution in [2.75, 3.05) is 26.2 Å². The summed E-state index contributed by atoms with van der Waals surface area (Å²) in [4.78, 5) is 4.03. The Kier molecular flexibility index (Phi) is 6.15. The predicted octanol–water partition coefficient (Wildman–Crippen LogP) is 3.72. The first kappa shape index (κ1) is 14.5. The Hall–Kier alpha value is 0.1000. The zero-order chi connectivity index (χ0) is 12.8. The Balaban J connectivity index is 1.51. The van der Waals surface area contributed by atoms with Gasteiger partial charge < -0.3 is 10.2 Å². The molecule has 0 radical (unpaired) electrons. The van der Waals surface area contributed by atoms with Crippen molar-refractivity contribution >= 4 is 27.3 Å². The number of nitrogens with zero attached hydrogens (tertiary/aromatic N) is 1. The molecule has 0 aromatic carbocycles. The molecule has 1 aliphatic heterocycles. The molecule has 0 spiro atoms. The summed E-state index contributed by atoms with van der Waals surface area (Å²) in [5.74, 6) is 0.941. The average Bonchev–Trinajstić information content (AvgIpc) is 2.77. The first-order chi connectivity index (χ1) is 8.74. The second-order valence-corrected chi connectivity index (χ2v) is 7.81. The minimum atomic E-state index is 0.941. The molecule has 0 unspecified atom stereocenters. The summed E-state index contributed by atoms with van der Waals surface area (Å²) >= 11 is 5.31. The lowest BCUT2D eigenvalue weighted by atomic mass is 9.99. The summed E-state index contributed by atoms with van der Waals surface area (Å²) in [6.07, 6.45) is 4.04. The highest BCUT2D eigenvalue weighted by molar-refractivity contribution is 9.11. The molecule has 2 rings (SSSR count). The molecule has 0 amide bonds. The van der Waals surface area contributed by atoms with Crippen LogP contribution in [0, 0.1) is 5.92 Å². The van der Waals surface area contributed by atoms with Gasteiger partial charge in [-0.2, -0.15) is 0 Å². The summed E-state index contributed by atoms with van der Waals surface area (Å²) < 4.78 is 1.22. The molecule has 2 nitrogen and oxygen atoms in total. The molecule has 1 aliphatic rings. The smallest absolute Gasteiger partial charge is 0.0701 e. The number of piperidine rings is 1. The molecule has 2 heterocycles. The van der Waals surface area contributed by atoms with E-state index in [-0.39, 0.29) is 0 Å². The van der Waals surface area contributed by atoms with Crippen LogP contribution in [-0.4, -0.2) is 31.1 Å². The normalized spacial score (nSPS) is 18.3. The minimum Gasteiger partial charge on any atom is -0.312 e. The highest BCUT2D eigenvalue weighted by atomic mass is 79.9. The van der Waals surface area contributed by atoms with E-state index >= 15 is 0 Å². The fourth-order valence-electron chi connectivity index (χ4n) is 2.37. The van der Waals surface area contributed by atoms with E-state index in [1.807, 2.05) is 11.3 Å². The highest BCUT2D eigenvalue weighted by Gasteiger charge is 2.14. The third-order valence-corrected chi connectivity index (χ3v) is 5.26. The molecule has 0 bridgehead atoms. The van der Waals surface area contributed by atoms with Gasteiger partial charge in [-0.3, -0.25) is 0 Å². The number of hydrogen-bond donors (Lipinski definition) is 1. The lowest BCUT2D eigenvalue weighted by Gasteiger charge is -2.30. The van der Waals surface area contributed by atoms with Gasteiger partial charge in [-0.05, 0) is 79.4 Å². The van der Waals surface area contributed by atoms with E-state index < -0.39 is 0 Å². The van der Waals surface area contributed by atoms with Crippen LogP contribution >= 0.6 is 27.3 Å². The third kappa shape index (κ3) is 5.00. The Bertz CT molecular complexity index is 345. The van der Waals surface area contributed by atoms with Gasteiger partial charge >= 0.3 is 0 Å². The Morgan fingerprint density at radius 1 is 1.39 bits per heavy atom. The Morgan fingerprint density at radius 3 is 2.83 bits per heavy atom. The SMILES string of the molecule is CC1CCN(CCCNCc2ccc(Br)s2)CC1. The molecule has 102 valence electrons. The first-order valence-electron chi connectivity index (χ1n) is 6.91. The summed E-state index contributed by atoms with van der Waals surface area (Å²) in [6.45, 7) is 8.37. The first-order valence-corrected chi connectivity index (χ1v) is 8.52. The van der Waals surface area contributed by atoms with E-state index in [2.05, 4.69) is 45.2 Å². The van der Waals surface area contributed by atoms with E-state index in [9.17, 15) is 0 Å². The molecule has 1 fully saturated rings. The van der Waals surface area contributed by atoms with Crippen LogP contribution in [0.3, 0.4) is 0 Å². The predicted molar refractivity (Wildman–Crippen MR) is 83.2 cm³/mol. The fourth-order valence-corrected chi connectivity index (χ4v) is 3.82. The maximum absolute atomic E-state index is 3.53. The second-order valence-electron chi connectivity index (χ2n) is 5.26. The van der Waals surface area contributed by atoms with Crippen LogP contribution in [0.25, 0.3) is 0 Å². The van der Waals surface area contributed by atoms with Gasteiger partial charge in [0.25, 0.3) is 0 Å². The van der Waals surface area contributed by atoms with Crippen molar-refractivity contribution < 1.29 is 0 Å². The fraction of sp³-hybridized carbons (Fsp3) is 0.714. The van der Waals surface area contributed by atoms with Gasteiger partial charge in [0.15, 0.2) is 0 Å². The molecule has 0 aliphatic carbocycles. The van der Waals surface area contributed by atoms with Gasteiger partial charge in [-0.1, -0.05) is 6.92 Å². The second kappa shape index (κ2) is 7.63. The van der Waals surface area contributed by atoms with Crippen LogP contribution < -0.4 is 5.32 Å². The molecule has 1 aromatic rings. The van der Waals surface area contributed by atoms with Gasteiger partial charge in [-0.15, -0.1) is 11.3 Å². The molecular weight excluding hydrogens is 308 g/mol. The van der Waals surface area contributed by atoms with Gasteiger partial charge in [0, 0.05) is 11.4 Å². The quantitative estimate of drug-likeness (QED) is 0.799. The molecule has 1 saturated heterocycles. The maximum atomic E-state index is 3.53. The summed E-state index contributed by atoms with van der Waals surface area (Å²) in [5.41, 5.74) is 0. The van der Waals surface area contributed by atoms with E-state index in [1.165, 1.54) is 47.6 Å². The van der Waals surface area contributed by atoms with E-state index in [0.29, 0.717) is 0 Å². The van der Waals surface area contributed by atoms with Crippen LogP contribution in [0.15, 0.2) is 15.9 Å². The molecule has 1 N–H and O–H groups in total. The zero-order valence-corrected chi connectivity index (χ0v) is 13.5. The van der Waals surface area contributed by atoms with Crippen LogP contribution in [0.5, 0.6) is 0 Å². The van der Waals surface area contributed by atoms with Crippen LogP contribution in [-0.2, 0) is 6.54 Å².